The predicted molar refractivity (Wildman–Crippen MR) is 116 cm³/mol. The fourth-order valence-electron chi connectivity index (χ4n) is 3.15. The lowest BCUT2D eigenvalue weighted by Gasteiger charge is -2.30. The molecule has 0 aliphatic carbocycles. The van der Waals surface area contributed by atoms with E-state index in [0.29, 0.717) is 28.1 Å². The van der Waals surface area contributed by atoms with Gasteiger partial charge in [0.1, 0.15) is 11.5 Å². The first-order chi connectivity index (χ1) is 14.3. The third-order valence-electron chi connectivity index (χ3n) is 5.04. The quantitative estimate of drug-likeness (QED) is 0.690. The number of hydrogen-bond donors (Lipinski definition) is 1. The summed E-state index contributed by atoms with van der Waals surface area (Å²) in [5.41, 5.74) is 0.322. The Kier molecular flexibility index (Phi) is 7.10. The number of benzene rings is 2. The van der Waals surface area contributed by atoms with Gasteiger partial charge in [0.05, 0.1) is 22.7 Å². The summed E-state index contributed by atoms with van der Waals surface area (Å²) in [6.45, 7) is 3.62. The molecule has 7 nitrogen and oxygen atoms in total. The van der Waals surface area contributed by atoms with Crippen molar-refractivity contribution in [3.8, 4) is 11.5 Å². The minimum atomic E-state index is -3.80. The van der Waals surface area contributed by atoms with Crippen molar-refractivity contribution in [3.63, 3.8) is 0 Å². The number of nitrogens with one attached hydrogen (secondary N) is 1. The molecule has 1 aliphatic heterocycles. The van der Waals surface area contributed by atoms with E-state index in [2.05, 4.69) is 11.6 Å². The Morgan fingerprint density at radius 3 is 2.43 bits per heavy atom. The molecule has 0 unspecified atom stereocenters. The predicted octanol–water partition coefficient (Wildman–Crippen LogP) is 3.79. The number of piperidine rings is 1. The van der Waals surface area contributed by atoms with Gasteiger partial charge in [0.25, 0.3) is 15.9 Å². The highest BCUT2D eigenvalue weighted by Crippen LogP contribution is 2.28. The van der Waals surface area contributed by atoms with Gasteiger partial charge >= 0.3 is 0 Å². The third-order valence-corrected chi connectivity index (χ3v) is 6.73. The Balaban J connectivity index is 1.59. The van der Waals surface area contributed by atoms with Crippen LogP contribution < -0.4 is 14.2 Å². The van der Waals surface area contributed by atoms with Gasteiger partial charge in [0.2, 0.25) is 0 Å². The fourth-order valence-corrected chi connectivity index (χ4v) is 4.46. The summed E-state index contributed by atoms with van der Waals surface area (Å²) in [5, 5.41) is 0.300. The molecule has 162 valence electrons. The molecule has 0 atom stereocenters. The molecule has 0 spiro atoms. The molecule has 1 heterocycles. The molecule has 1 fully saturated rings. The number of rotatable bonds is 7. The van der Waals surface area contributed by atoms with E-state index in [0.717, 1.165) is 25.9 Å². The van der Waals surface area contributed by atoms with Crippen molar-refractivity contribution in [2.45, 2.75) is 24.7 Å². The summed E-state index contributed by atoms with van der Waals surface area (Å²) in [6.07, 6.45) is 2.01. The molecule has 9 heteroatoms. The van der Waals surface area contributed by atoms with Crippen LogP contribution in [0.1, 0.15) is 19.8 Å². The van der Waals surface area contributed by atoms with Crippen molar-refractivity contribution in [3.05, 3.63) is 47.5 Å². The second kappa shape index (κ2) is 9.57. The highest BCUT2D eigenvalue weighted by atomic mass is 35.5. The second-order valence-electron chi connectivity index (χ2n) is 7.28. The number of halogens is 1. The van der Waals surface area contributed by atoms with Gasteiger partial charge in [-0.15, -0.1) is 0 Å². The SMILES string of the molecule is COc1ccc(NS(=O)(=O)c2ccc(OCC(=O)N3CCC(C)CC3)cc2)cc1Cl. The van der Waals surface area contributed by atoms with Crippen LogP contribution in [-0.4, -0.2) is 46.0 Å². The molecule has 0 aromatic heterocycles. The lowest BCUT2D eigenvalue weighted by atomic mass is 9.99. The van der Waals surface area contributed by atoms with Gasteiger partial charge in [-0.1, -0.05) is 18.5 Å². The number of methoxy groups -OCH3 is 1. The first-order valence-electron chi connectivity index (χ1n) is 9.65. The maximum absolute atomic E-state index is 12.6. The van der Waals surface area contributed by atoms with Crippen molar-refractivity contribution < 1.29 is 22.7 Å². The zero-order valence-corrected chi connectivity index (χ0v) is 18.5. The molecule has 3 rings (SSSR count). The van der Waals surface area contributed by atoms with Crippen LogP contribution in [0.3, 0.4) is 0 Å². The van der Waals surface area contributed by atoms with Gasteiger partial charge in [-0.25, -0.2) is 8.42 Å². The minimum absolute atomic E-state index is 0.0587. The van der Waals surface area contributed by atoms with Crippen molar-refractivity contribution in [2.75, 3.05) is 31.5 Å². The van der Waals surface area contributed by atoms with Gasteiger partial charge in [-0.05, 0) is 61.2 Å². The normalized spacial score (nSPS) is 15.0. The van der Waals surface area contributed by atoms with E-state index in [9.17, 15) is 13.2 Å². The van der Waals surface area contributed by atoms with Gasteiger partial charge in [0.15, 0.2) is 6.61 Å². The van der Waals surface area contributed by atoms with Crippen LogP contribution in [-0.2, 0) is 14.8 Å². The molecule has 1 saturated heterocycles. The van der Waals surface area contributed by atoms with E-state index in [1.807, 2.05) is 4.90 Å². The van der Waals surface area contributed by atoms with Crippen LogP contribution in [0.5, 0.6) is 11.5 Å². The van der Waals surface area contributed by atoms with Crippen molar-refractivity contribution in [1.82, 2.24) is 4.90 Å². The van der Waals surface area contributed by atoms with E-state index in [-0.39, 0.29) is 17.4 Å². The average Bonchev–Trinajstić information content (AvgIpc) is 2.73. The summed E-state index contributed by atoms with van der Waals surface area (Å²) >= 11 is 6.04. The largest absolute Gasteiger partial charge is 0.495 e. The first-order valence-corrected chi connectivity index (χ1v) is 11.5. The molecule has 2 aromatic rings. The summed E-state index contributed by atoms with van der Waals surface area (Å²) in [4.78, 5) is 14.1. The number of nitrogens with zero attached hydrogens (tertiary/aromatic N) is 1. The Morgan fingerprint density at radius 1 is 1.17 bits per heavy atom. The average molecular weight is 453 g/mol. The summed E-state index contributed by atoms with van der Waals surface area (Å²) < 4.78 is 38.3. The van der Waals surface area contributed by atoms with Gasteiger partial charge < -0.3 is 14.4 Å². The van der Waals surface area contributed by atoms with E-state index < -0.39 is 10.0 Å². The molecule has 2 aromatic carbocycles. The summed E-state index contributed by atoms with van der Waals surface area (Å²) in [7, 11) is -2.32. The van der Waals surface area contributed by atoms with Crippen molar-refractivity contribution in [1.29, 1.82) is 0 Å². The van der Waals surface area contributed by atoms with Gasteiger partial charge in [0, 0.05) is 13.1 Å². The Morgan fingerprint density at radius 2 is 1.83 bits per heavy atom. The van der Waals surface area contributed by atoms with Crippen LogP contribution in [0.2, 0.25) is 5.02 Å². The molecule has 0 radical (unpaired) electrons. The number of amides is 1. The number of likely N-dealkylation sites (tertiary alicyclic amines) is 1. The monoisotopic (exact) mass is 452 g/mol. The highest BCUT2D eigenvalue weighted by molar-refractivity contribution is 7.92. The Bertz CT molecular complexity index is 987. The van der Waals surface area contributed by atoms with Crippen molar-refractivity contribution in [2.24, 2.45) is 5.92 Å². The minimum Gasteiger partial charge on any atom is -0.495 e. The number of sulfonamides is 1. The van der Waals surface area contributed by atoms with Crippen LogP contribution in [0.15, 0.2) is 47.4 Å². The fraction of sp³-hybridized carbons (Fsp3) is 0.381. The number of anilines is 1. The Hall–Kier alpha value is -2.45. The summed E-state index contributed by atoms with van der Waals surface area (Å²) in [6, 6.07) is 10.5. The van der Waals surface area contributed by atoms with Gasteiger partial charge in [-0.2, -0.15) is 0 Å². The highest BCUT2D eigenvalue weighted by Gasteiger charge is 2.21. The molecule has 0 saturated carbocycles. The number of ether oxygens (including phenoxy) is 2. The Labute approximate surface area is 182 Å². The van der Waals surface area contributed by atoms with E-state index in [1.165, 1.54) is 37.4 Å². The number of hydrogen-bond acceptors (Lipinski definition) is 5. The molecule has 0 bridgehead atoms. The molecular weight excluding hydrogens is 428 g/mol. The van der Waals surface area contributed by atoms with Gasteiger partial charge in [-0.3, -0.25) is 9.52 Å². The molecule has 1 N–H and O–H groups in total. The molecule has 1 amide bonds. The molecule has 1 aliphatic rings. The van der Waals surface area contributed by atoms with E-state index in [1.54, 1.807) is 12.1 Å². The lowest BCUT2D eigenvalue weighted by Crippen LogP contribution is -2.40. The third kappa shape index (κ3) is 5.58. The first kappa shape index (κ1) is 22.2. The number of carbonyl (C=O) groups is 1. The zero-order chi connectivity index (χ0) is 21.7. The topological polar surface area (TPSA) is 84.9 Å². The maximum Gasteiger partial charge on any atom is 0.261 e. The molecule has 30 heavy (non-hydrogen) atoms. The smallest absolute Gasteiger partial charge is 0.261 e. The summed E-state index contributed by atoms with van der Waals surface area (Å²) in [5.74, 6) is 1.47. The second-order valence-corrected chi connectivity index (χ2v) is 9.37. The maximum atomic E-state index is 12.6. The number of carbonyl (C=O) groups excluding carboxylic acids is 1. The van der Waals surface area contributed by atoms with Crippen molar-refractivity contribution >= 4 is 33.2 Å². The van der Waals surface area contributed by atoms with E-state index in [4.69, 9.17) is 21.1 Å². The lowest BCUT2D eigenvalue weighted by molar-refractivity contribution is -0.134. The zero-order valence-electron chi connectivity index (χ0n) is 16.9. The van der Waals surface area contributed by atoms with Crippen LogP contribution in [0, 0.1) is 5.92 Å². The van der Waals surface area contributed by atoms with Crippen LogP contribution >= 0.6 is 11.6 Å². The van der Waals surface area contributed by atoms with Crippen LogP contribution in [0.4, 0.5) is 5.69 Å². The van der Waals surface area contributed by atoms with E-state index >= 15 is 0 Å². The van der Waals surface area contributed by atoms with Crippen LogP contribution in [0.25, 0.3) is 0 Å². The molecular formula is C21H25ClN2O5S. The standard InChI is InChI=1S/C21H25ClN2O5S/c1-15-9-11-24(12-10-15)21(25)14-29-17-4-6-18(7-5-17)30(26,27)23-16-3-8-20(28-2)19(22)13-16/h3-8,13,15,23H,9-12,14H2,1-2H3.